The van der Waals surface area contributed by atoms with Crippen molar-refractivity contribution in [3.8, 4) is 0 Å². The molecule has 2 aromatic heterocycles. The van der Waals surface area contributed by atoms with Crippen LogP contribution in [-0.2, 0) is 17.8 Å². The summed E-state index contributed by atoms with van der Waals surface area (Å²) in [6.45, 7) is 17.1. The molecule has 3 heterocycles. The summed E-state index contributed by atoms with van der Waals surface area (Å²) in [6, 6.07) is 4.67. The lowest BCUT2D eigenvalue weighted by atomic mass is 9.90. The Labute approximate surface area is 222 Å². The van der Waals surface area contributed by atoms with Gasteiger partial charge in [-0.2, -0.15) is 0 Å². The average molecular weight is 508 g/mol. The number of hydrogen-bond acceptors (Lipinski definition) is 5. The summed E-state index contributed by atoms with van der Waals surface area (Å²) in [6.07, 6.45) is 8.06. The highest BCUT2D eigenvalue weighted by Gasteiger charge is 2.31. The lowest BCUT2D eigenvalue weighted by Crippen LogP contribution is -2.49. The van der Waals surface area contributed by atoms with E-state index < -0.39 is 5.91 Å². The van der Waals surface area contributed by atoms with Gasteiger partial charge >= 0.3 is 0 Å². The van der Waals surface area contributed by atoms with Crippen molar-refractivity contribution in [3.63, 3.8) is 0 Å². The smallest absolute Gasteiger partial charge is 0.250 e. The molecule has 1 aliphatic rings. The van der Waals surface area contributed by atoms with Gasteiger partial charge in [0, 0.05) is 56.2 Å². The number of carbonyl (C=O) groups is 2. The van der Waals surface area contributed by atoms with Crippen molar-refractivity contribution in [1.29, 1.82) is 0 Å². The van der Waals surface area contributed by atoms with Gasteiger partial charge in [-0.3, -0.25) is 19.6 Å². The normalized spacial score (nSPS) is 16.0. The van der Waals surface area contributed by atoms with Gasteiger partial charge in [-0.1, -0.05) is 20.8 Å². The minimum atomic E-state index is -0.418. The second kappa shape index (κ2) is 12.2. The summed E-state index contributed by atoms with van der Waals surface area (Å²) < 4.78 is 0. The van der Waals surface area contributed by atoms with Gasteiger partial charge < -0.3 is 15.5 Å². The Kier molecular flexibility index (Phi) is 9.46. The average Bonchev–Trinajstić information content (AvgIpc) is 2.80. The van der Waals surface area contributed by atoms with E-state index in [1.165, 1.54) is 5.56 Å². The first kappa shape index (κ1) is 28.8. The minimum absolute atomic E-state index is 0.0467. The monoisotopic (exact) mass is 507 g/mol. The third-order valence-electron chi connectivity index (χ3n) is 7.57. The van der Waals surface area contributed by atoms with E-state index in [0.717, 1.165) is 55.6 Å². The van der Waals surface area contributed by atoms with Gasteiger partial charge in [-0.05, 0) is 87.6 Å². The van der Waals surface area contributed by atoms with E-state index in [1.54, 1.807) is 0 Å². The summed E-state index contributed by atoms with van der Waals surface area (Å²) in [5.41, 5.74) is 10.9. The molecule has 0 aromatic carbocycles. The third kappa shape index (κ3) is 7.84. The maximum Gasteiger partial charge on any atom is 0.250 e. The van der Waals surface area contributed by atoms with Crippen molar-refractivity contribution < 1.29 is 9.59 Å². The van der Waals surface area contributed by atoms with Crippen LogP contribution in [0.15, 0.2) is 24.5 Å². The van der Waals surface area contributed by atoms with Gasteiger partial charge in [0.25, 0.3) is 5.91 Å². The largest absolute Gasteiger partial charge is 0.366 e. The Bertz CT molecular complexity index is 1080. The molecule has 0 saturated carbocycles. The van der Waals surface area contributed by atoms with Gasteiger partial charge in [-0.15, -0.1) is 0 Å². The number of aromatic nitrogens is 2. The first-order valence-electron chi connectivity index (χ1n) is 13.6. The Morgan fingerprint density at radius 2 is 1.84 bits per heavy atom. The number of nitrogens with zero attached hydrogens (tertiary/aromatic N) is 4. The summed E-state index contributed by atoms with van der Waals surface area (Å²) in [5, 5.41) is 0. The van der Waals surface area contributed by atoms with E-state index >= 15 is 0 Å². The molecule has 1 saturated heterocycles. The van der Waals surface area contributed by atoms with Crippen LogP contribution in [0.2, 0.25) is 0 Å². The van der Waals surface area contributed by atoms with Crippen molar-refractivity contribution in [3.05, 3.63) is 58.2 Å². The molecule has 0 aliphatic carbocycles. The van der Waals surface area contributed by atoms with Crippen LogP contribution < -0.4 is 5.73 Å². The van der Waals surface area contributed by atoms with Crippen LogP contribution >= 0.6 is 0 Å². The van der Waals surface area contributed by atoms with Gasteiger partial charge in [0.2, 0.25) is 5.91 Å². The Morgan fingerprint density at radius 3 is 2.41 bits per heavy atom. The fourth-order valence-corrected chi connectivity index (χ4v) is 5.41. The molecule has 7 nitrogen and oxygen atoms in total. The highest BCUT2D eigenvalue weighted by molar-refractivity contribution is 5.95. The van der Waals surface area contributed by atoms with Gasteiger partial charge in [-0.25, -0.2) is 0 Å². The fraction of sp³-hybridized carbons (Fsp3) is 0.600. The number of primary amides is 1. The maximum absolute atomic E-state index is 13.4. The molecule has 2 aromatic rings. The second-order valence-electron chi connectivity index (χ2n) is 12.0. The van der Waals surface area contributed by atoms with Crippen molar-refractivity contribution in [2.45, 2.75) is 99.2 Å². The van der Waals surface area contributed by atoms with Crippen LogP contribution in [0.25, 0.3) is 0 Å². The van der Waals surface area contributed by atoms with E-state index in [2.05, 4.69) is 54.4 Å². The zero-order valence-corrected chi connectivity index (χ0v) is 23.8. The molecule has 1 aliphatic heterocycles. The lowest BCUT2D eigenvalue weighted by Gasteiger charge is -2.41. The van der Waals surface area contributed by atoms with E-state index in [-0.39, 0.29) is 17.4 Å². The van der Waals surface area contributed by atoms with Crippen LogP contribution in [0, 0.1) is 26.2 Å². The number of amides is 2. The lowest BCUT2D eigenvalue weighted by molar-refractivity contribution is -0.137. The Morgan fingerprint density at radius 1 is 1.16 bits per heavy atom. The van der Waals surface area contributed by atoms with Gasteiger partial charge in [0.15, 0.2) is 0 Å². The summed E-state index contributed by atoms with van der Waals surface area (Å²) >= 11 is 0. The molecule has 2 amide bonds. The number of piperidine rings is 1. The molecule has 202 valence electrons. The van der Waals surface area contributed by atoms with Crippen LogP contribution in [-0.4, -0.2) is 56.8 Å². The van der Waals surface area contributed by atoms with Gasteiger partial charge in [0.05, 0.1) is 11.3 Å². The number of rotatable bonds is 9. The number of carbonyl (C=O) groups excluding carboxylic acids is 2. The molecule has 0 spiro atoms. The molecular formula is C30H45N5O2. The van der Waals surface area contributed by atoms with Crippen molar-refractivity contribution in [1.82, 2.24) is 19.8 Å². The van der Waals surface area contributed by atoms with E-state index in [9.17, 15) is 9.59 Å². The molecule has 2 N–H and O–H groups in total. The number of hydrogen-bond donors (Lipinski definition) is 1. The van der Waals surface area contributed by atoms with E-state index in [4.69, 9.17) is 5.73 Å². The second-order valence-corrected chi connectivity index (χ2v) is 12.0. The molecule has 37 heavy (non-hydrogen) atoms. The molecule has 0 bridgehead atoms. The minimum Gasteiger partial charge on any atom is -0.366 e. The van der Waals surface area contributed by atoms with Crippen molar-refractivity contribution in [2.24, 2.45) is 11.1 Å². The molecule has 1 fully saturated rings. The predicted octanol–water partition coefficient (Wildman–Crippen LogP) is 4.75. The fourth-order valence-electron chi connectivity index (χ4n) is 5.41. The molecular weight excluding hydrogens is 462 g/mol. The van der Waals surface area contributed by atoms with Crippen LogP contribution in [0.5, 0.6) is 0 Å². The van der Waals surface area contributed by atoms with E-state index in [0.29, 0.717) is 30.3 Å². The summed E-state index contributed by atoms with van der Waals surface area (Å²) in [5.74, 6) is -0.183. The van der Waals surface area contributed by atoms with E-state index in [1.807, 2.05) is 38.4 Å². The number of likely N-dealkylation sites (tertiary alicyclic amines) is 1. The van der Waals surface area contributed by atoms with Gasteiger partial charge in [0.1, 0.15) is 0 Å². The molecule has 0 radical (unpaired) electrons. The molecule has 7 heteroatoms. The topological polar surface area (TPSA) is 92.4 Å². The predicted molar refractivity (Wildman–Crippen MR) is 148 cm³/mol. The zero-order chi connectivity index (χ0) is 27.3. The first-order valence-corrected chi connectivity index (χ1v) is 13.6. The van der Waals surface area contributed by atoms with Crippen molar-refractivity contribution >= 4 is 11.8 Å². The SMILES string of the molecule is Cc1ccncc1CN(C(=O)CC(C)(C)C)C1CCN([C@H](C)CCc2cc(C)c(C(N)=O)c(C)n2)CC1. The molecule has 0 unspecified atom stereocenters. The highest BCUT2D eigenvalue weighted by atomic mass is 16.2. The van der Waals surface area contributed by atoms with Crippen LogP contribution in [0.3, 0.4) is 0 Å². The Hall–Kier alpha value is -2.80. The quantitative estimate of drug-likeness (QED) is 0.529. The first-order chi connectivity index (χ1) is 17.4. The van der Waals surface area contributed by atoms with Crippen molar-refractivity contribution in [2.75, 3.05) is 13.1 Å². The highest BCUT2D eigenvalue weighted by Crippen LogP contribution is 2.27. The summed E-state index contributed by atoms with van der Waals surface area (Å²) in [7, 11) is 0. The summed E-state index contributed by atoms with van der Waals surface area (Å²) in [4.78, 5) is 38.7. The third-order valence-corrected chi connectivity index (χ3v) is 7.57. The number of pyridine rings is 2. The standard InChI is InChI=1S/C30H45N5O2/c1-20-10-13-32-18-24(20)19-35(27(36)17-30(5,6)7)26-11-14-34(15-12-26)22(3)8-9-25-16-21(2)28(29(31)37)23(4)33-25/h10,13,16,18,22,26H,8-9,11-12,14-15,17,19H2,1-7H3,(H2,31,37)/t22-/m1/s1. The molecule has 3 rings (SSSR count). The van der Waals surface area contributed by atoms with Crippen LogP contribution in [0.4, 0.5) is 0 Å². The molecule has 1 atom stereocenters. The Balaban J connectivity index is 1.62. The zero-order valence-electron chi connectivity index (χ0n) is 23.8. The maximum atomic E-state index is 13.4. The number of nitrogens with two attached hydrogens (primary N) is 1. The van der Waals surface area contributed by atoms with Crippen LogP contribution in [0.1, 0.15) is 91.8 Å². The number of aryl methyl sites for hydroxylation is 4.